The zero-order valence-electron chi connectivity index (χ0n) is 15.8. The number of ether oxygens (including phenoxy) is 2. The van der Waals surface area contributed by atoms with Gasteiger partial charge < -0.3 is 14.5 Å². The molecule has 1 atom stereocenters. The van der Waals surface area contributed by atoms with Gasteiger partial charge in [0.2, 0.25) is 0 Å². The second kappa shape index (κ2) is 7.37. The van der Waals surface area contributed by atoms with Crippen molar-refractivity contribution < 1.29 is 27.4 Å². The first-order valence-corrected chi connectivity index (χ1v) is 8.93. The molecule has 1 aromatic heterocycles. The lowest BCUT2D eigenvalue weighted by Gasteiger charge is -2.27. The van der Waals surface area contributed by atoms with E-state index >= 15 is 0 Å². The summed E-state index contributed by atoms with van der Waals surface area (Å²) in [5.41, 5.74) is -0.00170. The molecule has 1 saturated heterocycles. The Morgan fingerprint density at radius 3 is 2.64 bits per heavy atom. The van der Waals surface area contributed by atoms with Crippen molar-refractivity contribution in [3.63, 3.8) is 0 Å². The molecule has 2 heterocycles. The van der Waals surface area contributed by atoms with Crippen LogP contribution in [0.25, 0.3) is 11.3 Å². The van der Waals surface area contributed by atoms with Crippen LogP contribution < -0.4 is 4.74 Å². The fourth-order valence-electron chi connectivity index (χ4n) is 3.14. The van der Waals surface area contributed by atoms with E-state index in [1.807, 2.05) is 0 Å². The van der Waals surface area contributed by atoms with E-state index in [0.717, 1.165) is 6.42 Å². The average molecular weight is 397 g/mol. The predicted octanol–water partition coefficient (Wildman–Crippen LogP) is 5.05. The first-order valence-electron chi connectivity index (χ1n) is 8.93. The van der Waals surface area contributed by atoms with E-state index in [1.54, 1.807) is 31.7 Å². The highest BCUT2D eigenvalue weighted by molar-refractivity contribution is 5.69. The molecule has 1 N–H and O–H groups in total. The molecule has 0 spiro atoms. The molecule has 1 amide bonds. The van der Waals surface area contributed by atoms with Gasteiger partial charge in [-0.1, -0.05) is 12.1 Å². The summed E-state index contributed by atoms with van der Waals surface area (Å²) in [5, 5.41) is 0. The van der Waals surface area contributed by atoms with Gasteiger partial charge in [-0.25, -0.2) is 9.78 Å². The SMILES string of the molecule is CC(C)(C)OC(=O)N1CCC[C@H]1c1ncc(-c2ccccc2OC(F)(F)F)[nH]1. The highest BCUT2D eigenvalue weighted by Gasteiger charge is 2.35. The highest BCUT2D eigenvalue weighted by atomic mass is 19.4. The number of hydrogen-bond donors (Lipinski definition) is 1. The Balaban J connectivity index is 1.84. The Labute approximate surface area is 160 Å². The molecular formula is C19H22F3N3O3. The number of nitrogens with zero attached hydrogens (tertiary/aromatic N) is 2. The van der Waals surface area contributed by atoms with Gasteiger partial charge in [0.15, 0.2) is 0 Å². The van der Waals surface area contributed by atoms with Crippen molar-refractivity contribution in [3.8, 4) is 17.0 Å². The third-order valence-electron chi connectivity index (χ3n) is 4.19. The maximum absolute atomic E-state index is 12.7. The summed E-state index contributed by atoms with van der Waals surface area (Å²) < 4.78 is 47.5. The van der Waals surface area contributed by atoms with Crippen LogP contribution in [0.2, 0.25) is 0 Å². The van der Waals surface area contributed by atoms with Crippen molar-refractivity contribution in [1.29, 1.82) is 0 Å². The minimum absolute atomic E-state index is 0.236. The number of carbonyl (C=O) groups excluding carboxylic acids is 1. The Bertz CT molecular complexity index is 843. The molecule has 1 aliphatic heterocycles. The number of amides is 1. The molecule has 0 saturated carbocycles. The molecule has 6 nitrogen and oxygen atoms in total. The quantitative estimate of drug-likeness (QED) is 0.787. The number of carbonyl (C=O) groups is 1. The van der Waals surface area contributed by atoms with Gasteiger partial charge in [0.1, 0.15) is 17.2 Å². The Hall–Kier alpha value is -2.71. The number of imidazole rings is 1. The molecule has 1 aromatic carbocycles. The van der Waals surface area contributed by atoms with Gasteiger partial charge in [0.05, 0.1) is 17.9 Å². The first kappa shape index (κ1) is 20.0. The van der Waals surface area contributed by atoms with E-state index in [2.05, 4.69) is 14.7 Å². The molecule has 1 fully saturated rings. The van der Waals surface area contributed by atoms with E-state index in [4.69, 9.17) is 4.74 Å². The van der Waals surface area contributed by atoms with Crippen molar-refractivity contribution in [2.45, 2.75) is 51.6 Å². The Kier molecular flexibility index (Phi) is 5.27. The fraction of sp³-hybridized carbons (Fsp3) is 0.474. The van der Waals surface area contributed by atoms with Crippen LogP contribution in [-0.2, 0) is 4.74 Å². The topological polar surface area (TPSA) is 67.4 Å². The summed E-state index contributed by atoms with van der Waals surface area (Å²) in [6.07, 6.45) is -2.31. The van der Waals surface area contributed by atoms with Crippen LogP contribution in [-0.4, -0.2) is 39.5 Å². The number of alkyl halides is 3. The van der Waals surface area contributed by atoms with Crippen LogP contribution in [0.15, 0.2) is 30.5 Å². The molecule has 152 valence electrons. The molecule has 0 bridgehead atoms. The van der Waals surface area contributed by atoms with Crippen LogP contribution in [0.1, 0.15) is 45.5 Å². The standard InChI is InChI=1S/C19H22F3N3O3/c1-18(2,3)28-17(26)25-10-6-8-14(25)16-23-11-13(24-16)12-7-4-5-9-15(12)27-19(20,21)22/h4-5,7,9,11,14H,6,8,10H2,1-3H3,(H,23,24)/t14-/m0/s1. The Morgan fingerprint density at radius 2 is 1.96 bits per heavy atom. The number of aromatic nitrogens is 2. The molecule has 2 aromatic rings. The summed E-state index contributed by atoms with van der Waals surface area (Å²) in [4.78, 5) is 21.4. The number of halogens is 3. The van der Waals surface area contributed by atoms with Crippen molar-refractivity contribution >= 4 is 6.09 Å². The first-order chi connectivity index (χ1) is 13.0. The third kappa shape index (κ3) is 4.76. The number of likely N-dealkylation sites (tertiary alicyclic amines) is 1. The molecule has 9 heteroatoms. The summed E-state index contributed by atoms with van der Waals surface area (Å²) in [5.74, 6) is 0.181. The molecular weight excluding hydrogens is 375 g/mol. The summed E-state index contributed by atoms with van der Waals surface area (Å²) >= 11 is 0. The van der Waals surface area contributed by atoms with Crippen LogP contribution in [0.4, 0.5) is 18.0 Å². The lowest BCUT2D eigenvalue weighted by atomic mass is 10.1. The van der Waals surface area contributed by atoms with Crippen molar-refractivity contribution in [2.24, 2.45) is 0 Å². The summed E-state index contributed by atoms with van der Waals surface area (Å²) in [6, 6.07) is 5.51. The predicted molar refractivity (Wildman–Crippen MR) is 95.6 cm³/mol. The maximum atomic E-state index is 12.7. The normalized spacial score (nSPS) is 17.6. The van der Waals surface area contributed by atoms with Gasteiger partial charge in [-0.2, -0.15) is 0 Å². The minimum Gasteiger partial charge on any atom is -0.444 e. The fourth-order valence-corrected chi connectivity index (χ4v) is 3.14. The maximum Gasteiger partial charge on any atom is 0.573 e. The minimum atomic E-state index is -4.79. The second-order valence-electron chi connectivity index (χ2n) is 7.56. The number of rotatable bonds is 3. The molecule has 0 unspecified atom stereocenters. The monoisotopic (exact) mass is 397 g/mol. The van der Waals surface area contributed by atoms with Gasteiger partial charge >= 0.3 is 12.5 Å². The number of para-hydroxylation sites is 1. The summed E-state index contributed by atoms with van der Waals surface area (Å²) in [6.45, 7) is 5.90. The number of nitrogens with one attached hydrogen (secondary N) is 1. The number of benzene rings is 1. The lowest BCUT2D eigenvalue weighted by molar-refractivity contribution is -0.274. The van der Waals surface area contributed by atoms with Crippen LogP contribution >= 0.6 is 0 Å². The molecule has 1 aliphatic rings. The van der Waals surface area contributed by atoms with E-state index in [-0.39, 0.29) is 17.4 Å². The highest BCUT2D eigenvalue weighted by Crippen LogP contribution is 2.36. The molecule has 3 rings (SSSR count). The van der Waals surface area contributed by atoms with Gasteiger partial charge in [-0.05, 0) is 45.7 Å². The van der Waals surface area contributed by atoms with E-state index in [0.29, 0.717) is 24.5 Å². The van der Waals surface area contributed by atoms with Gasteiger partial charge in [-0.3, -0.25) is 4.90 Å². The number of aromatic amines is 1. The largest absolute Gasteiger partial charge is 0.573 e. The number of H-pyrrole nitrogens is 1. The molecule has 0 aliphatic carbocycles. The average Bonchev–Trinajstić information content (AvgIpc) is 3.21. The van der Waals surface area contributed by atoms with E-state index in [9.17, 15) is 18.0 Å². The van der Waals surface area contributed by atoms with Gasteiger partial charge in [-0.15, -0.1) is 13.2 Å². The van der Waals surface area contributed by atoms with E-state index in [1.165, 1.54) is 24.4 Å². The zero-order chi connectivity index (χ0) is 20.5. The van der Waals surface area contributed by atoms with Gasteiger partial charge in [0.25, 0.3) is 0 Å². The van der Waals surface area contributed by atoms with Crippen LogP contribution in [0.5, 0.6) is 5.75 Å². The van der Waals surface area contributed by atoms with Crippen molar-refractivity contribution in [3.05, 3.63) is 36.3 Å². The third-order valence-corrected chi connectivity index (χ3v) is 4.19. The van der Waals surface area contributed by atoms with E-state index < -0.39 is 18.1 Å². The van der Waals surface area contributed by atoms with Crippen LogP contribution in [0, 0.1) is 0 Å². The second-order valence-corrected chi connectivity index (χ2v) is 7.56. The smallest absolute Gasteiger partial charge is 0.444 e. The van der Waals surface area contributed by atoms with Gasteiger partial charge in [0, 0.05) is 12.1 Å². The van der Waals surface area contributed by atoms with Crippen molar-refractivity contribution in [1.82, 2.24) is 14.9 Å². The lowest BCUT2D eigenvalue weighted by Crippen LogP contribution is -2.36. The molecule has 0 radical (unpaired) electrons. The van der Waals surface area contributed by atoms with Crippen LogP contribution in [0.3, 0.4) is 0 Å². The number of hydrogen-bond acceptors (Lipinski definition) is 4. The summed E-state index contributed by atoms with van der Waals surface area (Å²) in [7, 11) is 0. The molecule has 28 heavy (non-hydrogen) atoms. The Morgan fingerprint density at radius 1 is 1.25 bits per heavy atom. The van der Waals surface area contributed by atoms with Crippen molar-refractivity contribution in [2.75, 3.05) is 6.54 Å². The zero-order valence-corrected chi connectivity index (χ0v) is 15.8.